The Bertz CT molecular complexity index is 876. The van der Waals surface area contributed by atoms with Gasteiger partial charge in [0, 0.05) is 16.1 Å². The summed E-state index contributed by atoms with van der Waals surface area (Å²) in [4.78, 5) is 11.2. The van der Waals surface area contributed by atoms with Crippen molar-refractivity contribution in [1.82, 2.24) is 0 Å². The van der Waals surface area contributed by atoms with Crippen LogP contribution in [0.3, 0.4) is 0 Å². The lowest BCUT2D eigenvalue weighted by molar-refractivity contribution is 0.0595. The van der Waals surface area contributed by atoms with Crippen molar-refractivity contribution < 1.29 is 23.8 Å². The number of esters is 1. The molecule has 0 saturated heterocycles. The summed E-state index contributed by atoms with van der Waals surface area (Å²) in [5.74, 6) is -0.370. The van der Waals surface area contributed by atoms with E-state index in [1.165, 1.54) is 19.2 Å². The normalized spacial score (nSPS) is 9.78. The van der Waals surface area contributed by atoms with Crippen LogP contribution < -0.4 is 4.74 Å². The largest absolute Gasteiger partial charge is 0.508 e. The zero-order chi connectivity index (χ0) is 19.8. The number of hydrogen-bond acceptors (Lipinski definition) is 4. The second kappa shape index (κ2) is 9.80. The monoisotopic (exact) mass is 408 g/mol. The van der Waals surface area contributed by atoms with Crippen molar-refractivity contribution in [3.8, 4) is 17.2 Å². The summed E-state index contributed by atoms with van der Waals surface area (Å²) < 4.78 is 23.5. The van der Waals surface area contributed by atoms with Gasteiger partial charge in [0.1, 0.15) is 23.1 Å². The second-order valence-corrected chi connectivity index (χ2v) is 6.04. The molecule has 0 fully saturated rings. The van der Waals surface area contributed by atoms with Crippen molar-refractivity contribution >= 4 is 29.2 Å². The van der Waals surface area contributed by atoms with Gasteiger partial charge in [-0.25, -0.2) is 9.18 Å². The maximum absolute atomic E-state index is 13.7. The molecule has 0 aliphatic rings. The number of aromatic hydroxyl groups is 1. The lowest BCUT2D eigenvalue weighted by Gasteiger charge is -2.07. The van der Waals surface area contributed by atoms with Gasteiger partial charge in [-0.1, -0.05) is 23.2 Å². The summed E-state index contributed by atoms with van der Waals surface area (Å²) in [7, 11) is 1.19. The third kappa shape index (κ3) is 6.47. The van der Waals surface area contributed by atoms with Gasteiger partial charge < -0.3 is 14.6 Å². The van der Waals surface area contributed by atoms with E-state index in [9.17, 15) is 9.18 Å². The van der Waals surface area contributed by atoms with E-state index in [4.69, 9.17) is 33.0 Å². The third-order valence-electron chi connectivity index (χ3n) is 3.22. The van der Waals surface area contributed by atoms with Crippen LogP contribution in [0.25, 0.3) is 0 Å². The fraction of sp³-hybridized carbons (Fsp3) is 0.0500. The molecule has 0 spiro atoms. The Morgan fingerprint density at radius 2 is 1.41 bits per heavy atom. The van der Waals surface area contributed by atoms with Gasteiger partial charge in [0.25, 0.3) is 0 Å². The number of hydrogen-bond donors (Lipinski definition) is 1. The molecular formula is C20H15Cl2FO4. The maximum atomic E-state index is 13.7. The number of phenols is 1. The van der Waals surface area contributed by atoms with Gasteiger partial charge in [0.2, 0.25) is 0 Å². The standard InChI is InChI=1S/C14H10ClFO3.C6H5ClO/c1-18-14(17)12-7-6-11(8-13(12)16)19-10-4-2-9(15)3-5-10;7-5-1-3-6(8)4-2-5/h2-8H,1H3;1-4,8H. The highest BCUT2D eigenvalue weighted by Crippen LogP contribution is 2.25. The molecule has 7 heteroatoms. The number of ether oxygens (including phenoxy) is 2. The van der Waals surface area contributed by atoms with E-state index in [0.29, 0.717) is 15.8 Å². The Morgan fingerprint density at radius 3 is 1.89 bits per heavy atom. The van der Waals surface area contributed by atoms with Gasteiger partial charge in [0.05, 0.1) is 12.7 Å². The van der Waals surface area contributed by atoms with E-state index in [2.05, 4.69) is 4.74 Å². The molecule has 0 radical (unpaired) electrons. The molecule has 4 nitrogen and oxygen atoms in total. The minimum absolute atomic E-state index is 0.133. The summed E-state index contributed by atoms with van der Waals surface area (Å²) in [6.45, 7) is 0. The van der Waals surface area contributed by atoms with E-state index >= 15 is 0 Å². The number of carbonyl (C=O) groups excluding carboxylic acids is 1. The first-order chi connectivity index (χ1) is 12.9. The highest BCUT2D eigenvalue weighted by atomic mass is 35.5. The molecule has 3 rings (SSSR count). The maximum Gasteiger partial charge on any atom is 0.340 e. The van der Waals surface area contributed by atoms with Crippen molar-refractivity contribution in [2.24, 2.45) is 0 Å². The molecular weight excluding hydrogens is 394 g/mol. The van der Waals surface area contributed by atoms with Gasteiger partial charge >= 0.3 is 5.97 Å². The number of phenolic OH excluding ortho intramolecular Hbond substituents is 1. The van der Waals surface area contributed by atoms with Gasteiger partial charge in [-0.05, 0) is 60.7 Å². The first-order valence-electron chi connectivity index (χ1n) is 7.65. The summed E-state index contributed by atoms with van der Waals surface area (Å²) in [5, 5.41) is 9.92. The van der Waals surface area contributed by atoms with Gasteiger partial charge in [-0.3, -0.25) is 0 Å². The molecule has 0 aliphatic heterocycles. The second-order valence-electron chi connectivity index (χ2n) is 5.17. The number of halogens is 3. The zero-order valence-corrected chi connectivity index (χ0v) is 15.7. The van der Waals surface area contributed by atoms with Crippen LogP contribution in [-0.2, 0) is 4.74 Å². The quantitative estimate of drug-likeness (QED) is 0.531. The number of methoxy groups -OCH3 is 1. The SMILES string of the molecule is COC(=O)c1ccc(Oc2ccc(Cl)cc2)cc1F.Oc1ccc(Cl)cc1. The van der Waals surface area contributed by atoms with E-state index in [0.717, 1.165) is 6.07 Å². The molecule has 27 heavy (non-hydrogen) atoms. The number of carbonyl (C=O) groups is 1. The molecule has 0 aliphatic carbocycles. The van der Waals surface area contributed by atoms with E-state index < -0.39 is 11.8 Å². The van der Waals surface area contributed by atoms with Crippen molar-refractivity contribution in [1.29, 1.82) is 0 Å². The molecule has 0 atom stereocenters. The van der Waals surface area contributed by atoms with Crippen LogP contribution in [0.5, 0.6) is 17.2 Å². The van der Waals surface area contributed by atoms with E-state index in [1.807, 2.05) is 0 Å². The van der Waals surface area contributed by atoms with Crippen LogP contribution >= 0.6 is 23.2 Å². The Balaban J connectivity index is 0.000000273. The van der Waals surface area contributed by atoms with Crippen molar-refractivity contribution in [2.45, 2.75) is 0 Å². The Kier molecular flexibility index (Phi) is 7.46. The first kappa shape index (κ1) is 20.6. The highest BCUT2D eigenvalue weighted by Gasteiger charge is 2.12. The minimum Gasteiger partial charge on any atom is -0.508 e. The lowest BCUT2D eigenvalue weighted by atomic mass is 10.2. The van der Waals surface area contributed by atoms with E-state index in [-0.39, 0.29) is 17.1 Å². The molecule has 0 aromatic heterocycles. The molecule has 3 aromatic rings. The minimum atomic E-state index is -0.726. The molecule has 0 unspecified atom stereocenters. The van der Waals surface area contributed by atoms with Crippen LogP contribution in [0.4, 0.5) is 4.39 Å². The van der Waals surface area contributed by atoms with Crippen molar-refractivity contribution in [3.05, 3.63) is 88.2 Å². The number of benzene rings is 3. The fourth-order valence-electron chi connectivity index (χ4n) is 1.91. The van der Waals surface area contributed by atoms with Crippen LogP contribution in [0.1, 0.15) is 10.4 Å². The fourth-order valence-corrected chi connectivity index (χ4v) is 2.17. The molecule has 0 heterocycles. The smallest absolute Gasteiger partial charge is 0.340 e. The predicted octanol–water partition coefficient (Wildman–Crippen LogP) is 6.10. The molecule has 140 valence electrons. The van der Waals surface area contributed by atoms with Gasteiger partial charge in [0.15, 0.2) is 0 Å². The average molecular weight is 409 g/mol. The molecule has 1 N–H and O–H groups in total. The topological polar surface area (TPSA) is 55.8 Å². The summed E-state index contributed by atoms with van der Waals surface area (Å²) >= 11 is 11.2. The Hall–Kier alpha value is -2.76. The number of rotatable bonds is 3. The third-order valence-corrected chi connectivity index (χ3v) is 3.73. The summed E-state index contributed by atoms with van der Waals surface area (Å²) in [5.41, 5.74) is -0.133. The van der Waals surface area contributed by atoms with Crippen LogP contribution in [0, 0.1) is 5.82 Å². The van der Waals surface area contributed by atoms with Crippen molar-refractivity contribution in [3.63, 3.8) is 0 Å². The van der Waals surface area contributed by atoms with Crippen LogP contribution in [0.15, 0.2) is 66.7 Å². The molecule has 0 amide bonds. The summed E-state index contributed by atoms with van der Waals surface area (Å²) in [6, 6.07) is 16.9. The van der Waals surface area contributed by atoms with Gasteiger partial charge in [-0.15, -0.1) is 0 Å². The molecule has 0 saturated carbocycles. The van der Waals surface area contributed by atoms with Crippen LogP contribution in [-0.4, -0.2) is 18.2 Å². The molecule has 3 aromatic carbocycles. The Morgan fingerprint density at radius 1 is 0.889 bits per heavy atom. The first-order valence-corrected chi connectivity index (χ1v) is 8.40. The predicted molar refractivity (Wildman–Crippen MR) is 102 cm³/mol. The summed E-state index contributed by atoms with van der Waals surface area (Å²) in [6.07, 6.45) is 0. The van der Waals surface area contributed by atoms with E-state index in [1.54, 1.807) is 48.5 Å². The zero-order valence-electron chi connectivity index (χ0n) is 14.2. The highest BCUT2D eigenvalue weighted by molar-refractivity contribution is 6.30. The van der Waals surface area contributed by atoms with Gasteiger partial charge in [-0.2, -0.15) is 0 Å². The molecule has 0 bridgehead atoms. The van der Waals surface area contributed by atoms with Crippen LogP contribution in [0.2, 0.25) is 10.0 Å². The van der Waals surface area contributed by atoms with Crippen molar-refractivity contribution in [2.75, 3.05) is 7.11 Å². The lowest BCUT2D eigenvalue weighted by Crippen LogP contribution is -2.04. The average Bonchev–Trinajstić information content (AvgIpc) is 2.66. The Labute approximate surface area is 165 Å².